The first-order valence-corrected chi connectivity index (χ1v) is 9.35. The number of anilines is 1. The number of rotatable bonds is 5. The number of carboxylic acids is 2. The highest BCUT2D eigenvalue weighted by Gasteiger charge is 2.07. The predicted molar refractivity (Wildman–Crippen MR) is 112 cm³/mol. The van der Waals surface area contributed by atoms with Crippen LogP contribution in [-0.2, 0) is 9.59 Å². The molecule has 0 aliphatic carbocycles. The Balaban J connectivity index is 0.000000300. The molecule has 0 radical (unpaired) electrons. The van der Waals surface area contributed by atoms with E-state index in [1.165, 1.54) is 5.69 Å². The highest BCUT2D eigenvalue weighted by molar-refractivity contribution is 7.12. The Labute approximate surface area is 166 Å². The van der Waals surface area contributed by atoms with Crippen LogP contribution in [0.3, 0.4) is 0 Å². The van der Waals surface area contributed by atoms with E-state index in [1.807, 2.05) is 29.6 Å². The lowest BCUT2D eigenvalue weighted by Gasteiger charge is -2.25. The number of nitrogens with zero attached hydrogens (tertiary/aromatic N) is 2. The molecule has 0 unspecified atom stereocenters. The summed E-state index contributed by atoms with van der Waals surface area (Å²) in [5, 5.41) is 17.6. The van der Waals surface area contributed by atoms with E-state index in [0.717, 1.165) is 30.1 Å². The average molecular weight is 399 g/mol. The lowest BCUT2D eigenvalue weighted by molar-refractivity contribution is -0.134. The monoisotopic (exact) mass is 399 g/mol. The summed E-state index contributed by atoms with van der Waals surface area (Å²) >= 11 is 1.60. The Morgan fingerprint density at radius 2 is 1.75 bits per heavy atom. The number of benzene rings is 1. The molecule has 1 aliphatic heterocycles. The van der Waals surface area contributed by atoms with Gasteiger partial charge in [0.2, 0.25) is 0 Å². The third-order valence-corrected chi connectivity index (χ3v) is 4.56. The molecule has 28 heavy (non-hydrogen) atoms. The summed E-state index contributed by atoms with van der Waals surface area (Å²) in [7, 11) is 0. The van der Waals surface area contributed by atoms with Crippen molar-refractivity contribution in [3.8, 4) is 0 Å². The summed E-state index contributed by atoms with van der Waals surface area (Å²) in [6, 6.07) is 12.2. The standard InChI is InChI=1S/C16H17N3S.C4H4O4/c17-16(15-5-4-12-20-15)18-13-6-8-14(9-7-13)19-10-2-1-3-11-19;5-3(6)1-2-4(7)8/h1-2,4-9,12H,3,10-11H2,(H2,17,18);1-2H,(H,5,6)(H,7,8)/b;2-1+. The molecule has 3 rings (SSSR count). The van der Waals surface area contributed by atoms with E-state index in [9.17, 15) is 9.59 Å². The predicted octanol–water partition coefficient (Wildman–Crippen LogP) is 3.26. The molecule has 0 fully saturated rings. The van der Waals surface area contributed by atoms with Crippen molar-refractivity contribution >= 4 is 40.5 Å². The van der Waals surface area contributed by atoms with E-state index in [-0.39, 0.29) is 0 Å². The van der Waals surface area contributed by atoms with Crippen LogP contribution in [0.5, 0.6) is 0 Å². The fraction of sp³-hybridized carbons (Fsp3) is 0.150. The number of carbonyl (C=O) groups is 2. The van der Waals surface area contributed by atoms with E-state index in [1.54, 1.807) is 11.3 Å². The first-order chi connectivity index (χ1) is 13.5. The topological polar surface area (TPSA) is 116 Å². The second kappa shape index (κ2) is 10.7. The molecule has 0 saturated carbocycles. The maximum Gasteiger partial charge on any atom is 0.328 e. The van der Waals surface area contributed by atoms with Crippen LogP contribution in [0.4, 0.5) is 11.4 Å². The largest absolute Gasteiger partial charge is 0.478 e. The zero-order valence-corrected chi connectivity index (χ0v) is 15.9. The van der Waals surface area contributed by atoms with Crippen LogP contribution < -0.4 is 10.6 Å². The Kier molecular flexibility index (Phi) is 7.98. The van der Waals surface area contributed by atoms with Gasteiger partial charge in [-0.25, -0.2) is 14.6 Å². The van der Waals surface area contributed by atoms with Gasteiger partial charge in [-0.2, -0.15) is 0 Å². The van der Waals surface area contributed by atoms with Crippen LogP contribution in [0.1, 0.15) is 11.3 Å². The van der Waals surface area contributed by atoms with Crippen molar-refractivity contribution in [3.05, 3.63) is 71.0 Å². The lowest BCUT2D eigenvalue weighted by Crippen LogP contribution is -2.26. The van der Waals surface area contributed by atoms with Gasteiger partial charge in [-0.3, -0.25) is 0 Å². The van der Waals surface area contributed by atoms with E-state index in [2.05, 4.69) is 34.2 Å². The van der Waals surface area contributed by atoms with E-state index < -0.39 is 11.9 Å². The Morgan fingerprint density at radius 3 is 2.25 bits per heavy atom. The van der Waals surface area contributed by atoms with Crippen molar-refractivity contribution in [2.75, 3.05) is 18.0 Å². The number of amidine groups is 1. The maximum absolute atomic E-state index is 9.55. The zero-order valence-electron chi connectivity index (χ0n) is 15.1. The molecule has 1 aromatic carbocycles. The number of aliphatic imine (C=N–C) groups is 1. The number of hydrogen-bond acceptors (Lipinski definition) is 5. The van der Waals surface area contributed by atoms with Gasteiger partial charge in [0.15, 0.2) is 0 Å². The molecule has 0 atom stereocenters. The third-order valence-electron chi connectivity index (χ3n) is 3.66. The molecule has 1 aromatic heterocycles. The summed E-state index contributed by atoms with van der Waals surface area (Å²) in [6.07, 6.45) is 6.68. The van der Waals surface area contributed by atoms with Crippen molar-refractivity contribution in [1.82, 2.24) is 0 Å². The molecular formula is C20H21N3O4S. The van der Waals surface area contributed by atoms with Crippen molar-refractivity contribution < 1.29 is 19.8 Å². The van der Waals surface area contributed by atoms with Crippen molar-refractivity contribution in [3.63, 3.8) is 0 Å². The number of nitrogens with two attached hydrogens (primary N) is 1. The number of carboxylic acid groups (broad SMARTS) is 2. The van der Waals surface area contributed by atoms with Gasteiger partial charge in [0, 0.05) is 30.9 Å². The van der Waals surface area contributed by atoms with Gasteiger partial charge in [0.25, 0.3) is 0 Å². The first kappa shape index (κ1) is 20.9. The molecule has 0 saturated heterocycles. The van der Waals surface area contributed by atoms with Gasteiger partial charge in [0.1, 0.15) is 5.84 Å². The summed E-state index contributed by atoms with van der Waals surface area (Å²) in [6.45, 7) is 2.07. The van der Waals surface area contributed by atoms with Crippen LogP contribution in [0.2, 0.25) is 0 Å². The second-order valence-corrected chi connectivity index (χ2v) is 6.65. The van der Waals surface area contributed by atoms with Gasteiger partial charge in [0.05, 0.1) is 10.6 Å². The minimum absolute atomic E-state index is 0.558. The molecule has 2 heterocycles. The number of hydrogen-bond donors (Lipinski definition) is 3. The van der Waals surface area contributed by atoms with Crippen LogP contribution in [0, 0.1) is 0 Å². The van der Waals surface area contributed by atoms with Crippen molar-refractivity contribution in [2.24, 2.45) is 10.7 Å². The Bertz CT molecular complexity index is 855. The van der Waals surface area contributed by atoms with E-state index in [0.29, 0.717) is 18.0 Å². The molecule has 0 bridgehead atoms. The van der Waals surface area contributed by atoms with Crippen LogP contribution in [-0.4, -0.2) is 41.1 Å². The number of thiophene rings is 1. The summed E-state index contributed by atoms with van der Waals surface area (Å²) < 4.78 is 0. The molecule has 4 N–H and O–H groups in total. The molecule has 0 spiro atoms. The SMILES string of the molecule is NC(=Nc1ccc(N2CC=CCC2)cc1)c1cccs1.O=C(O)/C=C/C(=O)O. The van der Waals surface area contributed by atoms with E-state index >= 15 is 0 Å². The lowest BCUT2D eigenvalue weighted by atomic mass is 10.2. The fourth-order valence-electron chi connectivity index (χ4n) is 2.37. The smallest absolute Gasteiger partial charge is 0.328 e. The molecule has 0 amide bonds. The summed E-state index contributed by atoms with van der Waals surface area (Å²) in [5.41, 5.74) is 8.13. The van der Waals surface area contributed by atoms with Gasteiger partial charge in [-0.05, 0) is 42.1 Å². The van der Waals surface area contributed by atoms with Crippen molar-refractivity contribution in [2.45, 2.75) is 6.42 Å². The quantitative estimate of drug-likeness (QED) is 0.308. The molecule has 7 nitrogen and oxygen atoms in total. The minimum Gasteiger partial charge on any atom is -0.478 e. The van der Waals surface area contributed by atoms with Gasteiger partial charge in [-0.15, -0.1) is 11.3 Å². The van der Waals surface area contributed by atoms with Gasteiger partial charge < -0.3 is 20.8 Å². The van der Waals surface area contributed by atoms with Crippen LogP contribution in [0.25, 0.3) is 0 Å². The molecule has 146 valence electrons. The highest BCUT2D eigenvalue weighted by atomic mass is 32.1. The molecule has 1 aliphatic rings. The van der Waals surface area contributed by atoms with Crippen LogP contribution >= 0.6 is 11.3 Å². The summed E-state index contributed by atoms with van der Waals surface area (Å²) in [5.74, 6) is -1.94. The van der Waals surface area contributed by atoms with Crippen LogP contribution in [0.15, 0.2) is 71.1 Å². The van der Waals surface area contributed by atoms with E-state index in [4.69, 9.17) is 15.9 Å². The first-order valence-electron chi connectivity index (χ1n) is 8.47. The Morgan fingerprint density at radius 1 is 1.07 bits per heavy atom. The molecule has 2 aromatic rings. The highest BCUT2D eigenvalue weighted by Crippen LogP contribution is 2.22. The van der Waals surface area contributed by atoms with Gasteiger partial charge in [-0.1, -0.05) is 18.2 Å². The number of aliphatic carboxylic acids is 2. The Hall–Kier alpha value is -3.39. The van der Waals surface area contributed by atoms with Crippen molar-refractivity contribution in [1.29, 1.82) is 0 Å². The average Bonchev–Trinajstić information content (AvgIpc) is 3.23. The zero-order chi connectivity index (χ0) is 20.4. The summed E-state index contributed by atoms with van der Waals surface area (Å²) in [4.78, 5) is 26.9. The third kappa shape index (κ3) is 7.08. The fourth-order valence-corrected chi connectivity index (χ4v) is 3.00. The molecular weight excluding hydrogens is 378 g/mol. The maximum atomic E-state index is 9.55. The minimum atomic E-state index is -1.26. The molecule has 8 heteroatoms. The van der Waals surface area contributed by atoms with Gasteiger partial charge >= 0.3 is 11.9 Å². The normalized spacial score (nSPS) is 13.9. The second-order valence-electron chi connectivity index (χ2n) is 5.71.